The van der Waals surface area contributed by atoms with Gasteiger partial charge in [-0.25, -0.2) is 0 Å². The van der Waals surface area contributed by atoms with Crippen molar-refractivity contribution >= 4 is 5.57 Å². The van der Waals surface area contributed by atoms with Crippen LogP contribution < -0.4 is 4.74 Å². The molecule has 9 heteroatoms. The van der Waals surface area contributed by atoms with Crippen molar-refractivity contribution in [1.29, 1.82) is 0 Å². The normalized spacial score (nSPS) is 16.7. The molecule has 0 saturated heterocycles. The summed E-state index contributed by atoms with van der Waals surface area (Å²) in [5.41, 5.74) is 1.46. The summed E-state index contributed by atoms with van der Waals surface area (Å²) in [6.45, 7) is 1.94. The van der Waals surface area contributed by atoms with Gasteiger partial charge in [0.25, 0.3) is 0 Å². The number of rotatable bonds is 5. The second-order valence-corrected chi connectivity index (χ2v) is 8.46. The number of hydrogen-bond donors (Lipinski definition) is 0. The molecule has 1 aliphatic rings. The van der Waals surface area contributed by atoms with Crippen molar-refractivity contribution in [3.63, 3.8) is 0 Å². The van der Waals surface area contributed by atoms with Crippen LogP contribution in [-0.2, 0) is 12.8 Å². The molecule has 0 radical (unpaired) electrons. The van der Waals surface area contributed by atoms with E-state index in [-0.39, 0.29) is 42.8 Å². The molecule has 35 heavy (non-hydrogen) atoms. The van der Waals surface area contributed by atoms with Gasteiger partial charge in [0, 0.05) is 29.6 Å². The fourth-order valence-corrected chi connectivity index (χ4v) is 4.02. The Labute approximate surface area is 198 Å². The highest BCUT2D eigenvalue weighted by atomic mass is 19.4. The van der Waals surface area contributed by atoms with Gasteiger partial charge in [-0.1, -0.05) is 36.4 Å². The van der Waals surface area contributed by atoms with Crippen LogP contribution in [0.5, 0.6) is 5.75 Å². The average molecular weight is 492 g/mol. The number of alkyl halides is 6. The summed E-state index contributed by atoms with van der Waals surface area (Å²) in [7, 11) is 0. The maximum absolute atomic E-state index is 13.5. The van der Waals surface area contributed by atoms with E-state index in [1.807, 2.05) is 30.3 Å². The van der Waals surface area contributed by atoms with Gasteiger partial charge in [0.1, 0.15) is 12.4 Å². The van der Waals surface area contributed by atoms with Gasteiger partial charge in [0.2, 0.25) is 0 Å². The first-order valence-electron chi connectivity index (χ1n) is 11.0. The Hall–Kier alpha value is -3.36. The monoisotopic (exact) mass is 492 g/mol. The average Bonchev–Trinajstić information content (AvgIpc) is 2.82. The van der Waals surface area contributed by atoms with Crippen LogP contribution in [0.3, 0.4) is 0 Å². The molecule has 2 aromatic heterocycles. The summed E-state index contributed by atoms with van der Waals surface area (Å²) in [6, 6.07) is 13.5. The second-order valence-electron chi connectivity index (χ2n) is 8.46. The molecule has 0 aliphatic heterocycles. The van der Waals surface area contributed by atoms with E-state index < -0.39 is 23.8 Å². The predicted molar refractivity (Wildman–Crippen MR) is 119 cm³/mol. The molecule has 4 rings (SSSR count). The molecule has 1 atom stereocenters. The van der Waals surface area contributed by atoms with Gasteiger partial charge in [0.15, 0.2) is 0 Å². The number of aromatic nitrogens is 2. The van der Waals surface area contributed by atoms with Gasteiger partial charge in [-0.05, 0) is 43.4 Å². The first-order valence-corrected chi connectivity index (χ1v) is 11.0. The van der Waals surface area contributed by atoms with E-state index in [1.165, 1.54) is 12.1 Å². The molecule has 0 N–H and O–H groups in total. The lowest BCUT2D eigenvalue weighted by atomic mass is 9.86. The molecule has 0 amide bonds. The molecular weight excluding hydrogens is 470 g/mol. The fraction of sp³-hybridized carbons (Fsp3) is 0.308. The predicted octanol–water partition coefficient (Wildman–Crippen LogP) is 7.80. The van der Waals surface area contributed by atoms with Gasteiger partial charge >= 0.3 is 12.4 Å². The minimum absolute atomic E-state index is 0.0543. The molecule has 0 spiro atoms. The third kappa shape index (κ3) is 6.01. The lowest BCUT2D eigenvalue weighted by Gasteiger charge is -2.25. The zero-order chi connectivity index (χ0) is 25.2. The highest BCUT2D eigenvalue weighted by Crippen LogP contribution is 2.42. The molecule has 0 fully saturated rings. The van der Waals surface area contributed by atoms with Gasteiger partial charge in [-0.2, -0.15) is 26.3 Å². The van der Waals surface area contributed by atoms with Gasteiger partial charge in [0.05, 0.1) is 22.9 Å². The summed E-state index contributed by atoms with van der Waals surface area (Å²) >= 11 is 0. The Bertz CT molecular complexity index is 1220. The molecule has 1 aromatic carbocycles. The second kappa shape index (κ2) is 9.71. The Morgan fingerprint density at radius 1 is 1.00 bits per heavy atom. The van der Waals surface area contributed by atoms with Crippen molar-refractivity contribution in [1.82, 2.24) is 9.97 Å². The molecule has 1 unspecified atom stereocenters. The van der Waals surface area contributed by atoms with Gasteiger partial charge in [-0.3, -0.25) is 9.97 Å². The number of hydrogen-bond acceptors (Lipinski definition) is 3. The number of benzene rings is 1. The van der Waals surface area contributed by atoms with Crippen LogP contribution in [0.4, 0.5) is 26.3 Å². The topological polar surface area (TPSA) is 35.0 Å². The molecular formula is C26H22F6N2O. The molecule has 184 valence electrons. The van der Waals surface area contributed by atoms with Crippen molar-refractivity contribution in [2.45, 2.75) is 45.1 Å². The van der Waals surface area contributed by atoms with Crippen molar-refractivity contribution in [3.8, 4) is 17.0 Å². The maximum Gasteiger partial charge on any atom is 0.417 e. The molecule has 0 bridgehead atoms. The van der Waals surface area contributed by atoms with E-state index in [1.54, 1.807) is 13.0 Å². The van der Waals surface area contributed by atoms with Gasteiger partial charge < -0.3 is 4.74 Å². The summed E-state index contributed by atoms with van der Waals surface area (Å²) in [4.78, 5) is 8.43. The van der Waals surface area contributed by atoms with Crippen molar-refractivity contribution in [2.24, 2.45) is 5.92 Å². The Morgan fingerprint density at radius 2 is 1.74 bits per heavy atom. The van der Waals surface area contributed by atoms with E-state index in [2.05, 4.69) is 9.97 Å². The number of ether oxygens (including phenoxy) is 1. The van der Waals surface area contributed by atoms with Crippen molar-refractivity contribution in [3.05, 3.63) is 83.3 Å². The molecule has 1 aliphatic carbocycles. The Balaban J connectivity index is 1.72. The van der Waals surface area contributed by atoms with E-state index in [0.717, 1.165) is 11.6 Å². The summed E-state index contributed by atoms with van der Waals surface area (Å²) in [5, 5.41) is 0. The molecule has 3 nitrogen and oxygen atoms in total. The maximum atomic E-state index is 13.5. The SMILES string of the molecule is Cc1cc(OCc2ccccc2)cc(-c2cc(C(F)(F)F)cnc2C2=CCC(C(F)(F)F)CC2)n1. The van der Waals surface area contributed by atoms with Crippen LogP contribution in [0, 0.1) is 12.8 Å². The largest absolute Gasteiger partial charge is 0.489 e. The van der Waals surface area contributed by atoms with Crippen LogP contribution in [-0.4, -0.2) is 16.1 Å². The zero-order valence-electron chi connectivity index (χ0n) is 18.7. The molecule has 3 aromatic rings. The number of nitrogens with zero attached hydrogens (tertiary/aromatic N) is 2. The summed E-state index contributed by atoms with van der Waals surface area (Å²) < 4.78 is 85.6. The highest BCUT2D eigenvalue weighted by molar-refractivity contribution is 5.79. The minimum Gasteiger partial charge on any atom is -0.489 e. The molecule has 0 saturated carbocycles. The highest BCUT2D eigenvalue weighted by Gasteiger charge is 2.40. The van der Waals surface area contributed by atoms with Gasteiger partial charge in [-0.15, -0.1) is 0 Å². The van der Waals surface area contributed by atoms with Crippen LogP contribution in [0.25, 0.3) is 16.8 Å². The quantitative estimate of drug-likeness (QED) is 0.341. The first-order chi connectivity index (χ1) is 16.5. The number of allylic oxidation sites excluding steroid dienone is 2. The zero-order valence-corrected chi connectivity index (χ0v) is 18.7. The minimum atomic E-state index is -4.64. The third-order valence-electron chi connectivity index (χ3n) is 5.84. The number of halogens is 6. The number of pyridine rings is 2. The van der Waals surface area contributed by atoms with E-state index in [0.29, 0.717) is 23.2 Å². The Kier molecular flexibility index (Phi) is 6.87. The van der Waals surface area contributed by atoms with E-state index in [9.17, 15) is 26.3 Å². The fourth-order valence-electron chi connectivity index (χ4n) is 4.02. The summed E-state index contributed by atoms with van der Waals surface area (Å²) in [6.07, 6.45) is -7.17. The van der Waals surface area contributed by atoms with E-state index >= 15 is 0 Å². The van der Waals surface area contributed by atoms with Crippen molar-refractivity contribution in [2.75, 3.05) is 0 Å². The standard InChI is InChI=1S/C26H22F6N2O/c1-16-11-21(35-15-17-5-3-2-4-6-17)13-23(34-16)22-12-20(26(30,31)32)14-33-24(22)18-7-9-19(10-8-18)25(27,28)29/h2-7,11-14,19H,8-10,15H2,1H3. The summed E-state index contributed by atoms with van der Waals surface area (Å²) in [5.74, 6) is -1.06. The molecule has 2 heterocycles. The number of aryl methyl sites for hydroxylation is 1. The Morgan fingerprint density at radius 3 is 2.37 bits per heavy atom. The first kappa shape index (κ1) is 24.8. The van der Waals surface area contributed by atoms with E-state index in [4.69, 9.17) is 4.74 Å². The smallest absolute Gasteiger partial charge is 0.417 e. The third-order valence-corrected chi connectivity index (χ3v) is 5.84. The van der Waals surface area contributed by atoms with Crippen LogP contribution in [0.15, 0.2) is 60.8 Å². The van der Waals surface area contributed by atoms with Crippen molar-refractivity contribution < 1.29 is 31.1 Å². The van der Waals surface area contributed by atoms with Crippen LogP contribution in [0.1, 0.15) is 41.8 Å². The van der Waals surface area contributed by atoms with Crippen LogP contribution in [0.2, 0.25) is 0 Å². The van der Waals surface area contributed by atoms with Crippen LogP contribution >= 0.6 is 0 Å². The lowest BCUT2D eigenvalue weighted by molar-refractivity contribution is -0.175. The lowest BCUT2D eigenvalue weighted by Crippen LogP contribution is -2.24.